The van der Waals surface area contributed by atoms with Crippen LogP contribution in [0.3, 0.4) is 0 Å². The lowest BCUT2D eigenvalue weighted by Crippen LogP contribution is -2.55. The number of carbonyl (C=O) groups excluding carboxylic acids is 2. The molecule has 0 spiro atoms. The Morgan fingerprint density at radius 3 is 2.05 bits per heavy atom. The van der Waals surface area contributed by atoms with E-state index in [1.54, 1.807) is 0 Å². The van der Waals surface area contributed by atoms with Crippen LogP contribution in [0.4, 0.5) is 0 Å². The van der Waals surface area contributed by atoms with Gasteiger partial charge in [0, 0.05) is 0 Å². The summed E-state index contributed by atoms with van der Waals surface area (Å²) in [7, 11) is 0. The molecule has 2 amide bonds. The number of amides is 2. The molecule has 0 aromatic rings. The van der Waals surface area contributed by atoms with Gasteiger partial charge in [0.25, 0.3) is 0 Å². The van der Waals surface area contributed by atoms with E-state index in [1.807, 2.05) is 13.8 Å². The third-order valence-electron chi connectivity index (χ3n) is 2.59. The monoisotopic (exact) mass is 289 g/mol. The second-order valence-electron chi connectivity index (χ2n) is 5.02. The number of nitrogens with two attached hydrogens (primary N) is 1. The number of carboxylic acids is 1. The van der Waals surface area contributed by atoms with Gasteiger partial charge in [0.1, 0.15) is 6.04 Å². The average molecular weight is 289 g/mol. The smallest absolute Gasteiger partial charge is 0.328 e. The van der Waals surface area contributed by atoms with E-state index in [0.29, 0.717) is 6.42 Å². The van der Waals surface area contributed by atoms with E-state index in [-0.39, 0.29) is 12.5 Å². The van der Waals surface area contributed by atoms with Crippen LogP contribution >= 0.6 is 0 Å². The molecule has 0 bridgehead atoms. The predicted molar refractivity (Wildman–Crippen MR) is 71.7 cm³/mol. The second-order valence-corrected chi connectivity index (χ2v) is 5.02. The topological polar surface area (TPSA) is 142 Å². The zero-order chi connectivity index (χ0) is 15.9. The van der Waals surface area contributed by atoms with Crippen molar-refractivity contribution >= 4 is 17.8 Å². The molecule has 0 aromatic heterocycles. The molecule has 3 atom stereocenters. The Balaban J connectivity index is 4.84. The highest BCUT2D eigenvalue weighted by Crippen LogP contribution is 2.06. The summed E-state index contributed by atoms with van der Waals surface area (Å²) in [5, 5.41) is 22.9. The molecule has 8 nitrogen and oxygen atoms in total. The van der Waals surface area contributed by atoms with Gasteiger partial charge in [0.2, 0.25) is 11.8 Å². The van der Waals surface area contributed by atoms with Crippen LogP contribution < -0.4 is 16.4 Å². The summed E-state index contributed by atoms with van der Waals surface area (Å²) in [5.41, 5.74) is 5.17. The van der Waals surface area contributed by atoms with Gasteiger partial charge in [-0.25, -0.2) is 4.79 Å². The SMILES string of the molecule is CC(C)CC(NC(=O)CN)C(=O)NC(C(=O)O)C(C)O. The Morgan fingerprint density at radius 2 is 1.70 bits per heavy atom. The summed E-state index contributed by atoms with van der Waals surface area (Å²) in [6.45, 7) is 4.71. The number of rotatable bonds is 8. The molecule has 0 radical (unpaired) electrons. The Kier molecular flexibility index (Phi) is 7.78. The quantitative estimate of drug-likeness (QED) is 0.365. The summed E-state index contributed by atoms with van der Waals surface area (Å²) in [4.78, 5) is 34.2. The Bertz CT molecular complexity index is 357. The maximum atomic E-state index is 12.0. The minimum atomic E-state index is -1.42. The van der Waals surface area contributed by atoms with Crippen molar-refractivity contribution in [2.75, 3.05) is 6.54 Å². The maximum Gasteiger partial charge on any atom is 0.328 e. The molecule has 6 N–H and O–H groups in total. The maximum absolute atomic E-state index is 12.0. The van der Waals surface area contributed by atoms with Crippen molar-refractivity contribution in [3.8, 4) is 0 Å². The van der Waals surface area contributed by atoms with Crippen LogP contribution in [0, 0.1) is 5.92 Å². The van der Waals surface area contributed by atoms with E-state index in [0.717, 1.165) is 0 Å². The molecule has 0 saturated heterocycles. The van der Waals surface area contributed by atoms with Crippen LogP contribution in [0.15, 0.2) is 0 Å². The third-order valence-corrected chi connectivity index (χ3v) is 2.59. The van der Waals surface area contributed by atoms with Gasteiger partial charge in [-0.2, -0.15) is 0 Å². The van der Waals surface area contributed by atoms with E-state index >= 15 is 0 Å². The van der Waals surface area contributed by atoms with Gasteiger partial charge in [0.15, 0.2) is 6.04 Å². The van der Waals surface area contributed by atoms with Crippen LogP contribution in [0.1, 0.15) is 27.2 Å². The Hall–Kier alpha value is -1.67. The molecule has 0 aliphatic rings. The minimum Gasteiger partial charge on any atom is -0.480 e. The highest BCUT2D eigenvalue weighted by atomic mass is 16.4. The van der Waals surface area contributed by atoms with Crippen molar-refractivity contribution in [2.45, 2.75) is 45.4 Å². The summed E-state index contributed by atoms with van der Waals surface area (Å²) in [5.74, 6) is -2.40. The molecule has 0 aliphatic carbocycles. The van der Waals surface area contributed by atoms with E-state index in [4.69, 9.17) is 10.8 Å². The number of nitrogens with one attached hydrogen (secondary N) is 2. The first-order chi connectivity index (χ1) is 9.18. The first-order valence-corrected chi connectivity index (χ1v) is 6.39. The molecular formula is C12H23N3O5. The van der Waals surface area contributed by atoms with Crippen LogP contribution in [-0.2, 0) is 14.4 Å². The van der Waals surface area contributed by atoms with Crippen LogP contribution in [-0.4, -0.2) is 52.7 Å². The molecule has 3 unspecified atom stereocenters. The summed E-state index contributed by atoms with van der Waals surface area (Å²) in [6.07, 6.45) is -0.912. The fourth-order valence-corrected chi connectivity index (χ4v) is 1.60. The number of carbonyl (C=O) groups is 3. The van der Waals surface area contributed by atoms with Gasteiger partial charge in [0.05, 0.1) is 12.6 Å². The number of aliphatic carboxylic acids is 1. The lowest BCUT2D eigenvalue weighted by molar-refractivity contribution is -0.145. The summed E-state index contributed by atoms with van der Waals surface area (Å²) >= 11 is 0. The summed E-state index contributed by atoms with van der Waals surface area (Å²) in [6, 6.07) is -2.31. The number of hydrogen-bond acceptors (Lipinski definition) is 5. The highest BCUT2D eigenvalue weighted by molar-refractivity contribution is 5.90. The molecule has 0 heterocycles. The van der Waals surface area contributed by atoms with Gasteiger partial charge in [-0.1, -0.05) is 13.8 Å². The normalized spacial score (nSPS) is 15.3. The molecule has 116 valence electrons. The number of hydrogen-bond donors (Lipinski definition) is 5. The first kappa shape index (κ1) is 18.3. The zero-order valence-electron chi connectivity index (χ0n) is 11.9. The van der Waals surface area contributed by atoms with Crippen LogP contribution in [0.5, 0.6) is 0 Å². The van der Waals surface area contributed by atoms with Gasteiger partial charge in [-0.05, 0) is 19.3 Å². The van der Waals surface area contributed by atoms with Crippen molar-refractivity contribution in [2.24, 2.45) is 11.7 Å². The van der Waals surface area contributed by atoms with Crippen molar-refractivity contribution in [3.05, 3.63) is 0 Å². The number of carboxylic acid groups (broad SMARTS) is 1. The van der Waals surface area contributed by atoms with E-state index < -0.39 is 36.0 Å². The van der Waals surface area contributed by atoms with Crippen LogP contribution in [0.25, 0.3) is 0 Å². The fourth-order valence-electron chi connectivity index (χ4n) is 1.60. The minimum absolute atomic E-state index is 0.110. The number of aliphatic hydroxyl groups excluding tert-OH is 1. The largest absolute Gasteiger partial charge is 0.480 e. The zero-order valence-corrected chi connectivity index (χ0v) is 11.9. The molecule has 0 saturated carbocycles. The van der Waals surface area contributed by atoms with E-state index in [9.17, 15) is 19.5 Å². The molecule has 0 rings (SSSR count). The van der Waals surface area contributed by atoms with Crippen molar-refractivity contribution in [1.82, 2.24) is 10.6 Å². The predicted octanol–water partition coefficient (Wildman–Crippen LogP) is -1.57. The third kappa shape index (κ3) is 6.48. The summed E-state index contributed by atoms with van der Waals surface area (Å²) < 4.78 is 0. The molecule has 0 aromatic carbocycles. The second kappa shape index (κ2) is 8.49. The molecule has 20 heavy (non-hydrogen) atoms. The van der Waals surface area contributed by atoms with Crippen molar-refractivity contribution in [3.63, 3.8) is 0 Å². The van der Waals surface area contributed by atoms with Crippen molar-refractivity contribution in [1.29, 1.82) is 0 Å². The lowest BCUT2D eigenvalue weighted by Gasteiger charge is -2.23. The molecular weight excluding hydrogens is 266 g/mol. The lowest BCUT2D eigenvalue weighted by atomic mass is 10.0. The first-order valence-electron chi connectivity index (χ1n) is 6.39. The fraction of sp³-hybridized carbons (Fsp3) is 0.750. The Morgan fingerprint density at radius 1 is 1.15 bits per heavy atom. The highest BCUT2D eigenvalue weighted by Gasteiger charge is 2.29. The van der Waals surface area contributed by atoms with E-state index in [1.165, 1.54) is 6.92 Å². The average Bonchev–Trinajstić information content (AvgIpc) is 2.33. The van der Waals surface area contributed by atoms with Gasteiger partial charge in [-0.15, -0.1) is 0 Å². The van der Waals surface area contributed by atoms with Gasteiger partial charge in [-0.3, -0.25) is 9.59 Å². The van der Waals surface area contributed by atoms with Crippen LogP contribution in [0.2, 0.25) is 0 Å². The van der Waals surface area contributed by atoms with Gasteiger partial charge < -0.3 is 26.6 Å². The number of aliphatic hydroxyl groups is 1. The molecule has 0 aliphatic heterocycles. The van der Waals surface area contributed by atoms with Gasteiger partial charge >= 0.3 is 5.97 Å². The standard InChI is InChI=1S/C12H23N3O5/c1-6(2)4-8(14-9(17)5-13)11(18)15-10(7(3)16)12(19)20/h6-8,10,16H,4-5,13H2,1-3H3,(H,14,17)(H,15,18)(H,19,20). The van der Waals surface area contributed by atoms with Crippen molar-refractivity contribution < 1.29 is 24.6 Å². The molecule has 0 fully saturated rings. The molecule has 8 heteroatoms. The Labute approximate surface area is 117 Å². The van der Waals surface area contributed by atoms with E-state index in [2.05, 4.69) is 10.6 Å².